The van der Waals surface area contributed by atoms with Crippen LogP contribution in [-0.2, 0) is 20.9 Å². The molecule has 1 fully saturated rings. The van der Waals surface area contributed by atoms with Gasteiger partial charge in [0.1, 0.15) is 12.1 Å². The lowest BCUT2D eigenvalue weighted by Crippen LogP contribution is -2.56. The maximum atomic E-state index is 13.7. The van der Waals surface area contributed by atoms with Crippen LogP contribution in [0.3, 0.4) is 0 Å². The number of aromatic nitrogens is 1. The van der Waals surface area contributed by atoms with Gasteiger partial charge in [-0.1, -0.05) is 47.5 Å². The average Bonchev–Trinajstić information content (AvgIpc) is 3.26. The molecule has 3 amide bonds. The molecular formula is C30H25ClN4O3S. The van der Waals surface area contributed by atoms with Crippen molar-refractivity contribution in [3.8, 4) is 0 Å². The number of aryl methyl sites for hydroxylation is 1. The van der Waals surface area contributed by atoms with Gasteiger partial charge in [0.15, 0.2) is 5.11 Å². The molecule has 0 spiro atoms. The SMILES string of the molecule is CCN1C(=O)/C(=C\c2cn(CC(=O)Nc3ccc(C)cc3)c3ccccc23)C(=O)N(c2ccc(Cl)cc2)C1=S. The Hall–Kier alpha value is -4.27. The monoisotopic (exact) mass is 556 g/mol. The predicted molar refractivity (Wildman–Crippen MR) is 159 cm³/mol. The predicted octanol–water partition coefficient (Wildman–Crippen LogP) is 5.81. The van der Waals surface area contributed by atoms with Crippen molar-refractivity contribution in [2.45, 2.75) is 20.4 Å². The maximum Gasteiger partial charge on any atom is 0.270 e. The van der Waals surface area contributed by atoms with Gasteiger partial charge in [-0.3, -0.25) is 24.2 Å². The molecule has 9 heteroatoms. The average molecular weight is 557 g/mol. The van der Waals surface area contributed by atoms with Gasteiger partial charge in [0.25, 0.3) is 11.8 Å². The minimum absolute atomic E-state index is 0.0209. The number of nitrogens with one attached hydrogen (secondary N) is 1. The van der Waals surface area contributed by atoms with Gasteiger partial charge in [0.05, 0.1) is 5.69 Å². The first-order chi connectivity index (χ1) is 18.8. The molecule has 0 saturated carbocycles. The number of amides is 3. The van der Waals surface area contributed by atoms with Crippen LogP contribution in [0, 0.1) is 6.92 Å². The summed E-state index contributed by atoms with van der Waals surface area (Å²) in [5, 5.41) is 4.36. The highest BCUT2D eigenvalue weighted by atomic mass is 35.5. The fourth-order valence-corrected chi connectivity index (χ4v) is 5.07. The van der Waals surface area contributed by atoms with Gasteiger partial charge in [-0.2, -0.15) is 0 Å². The van der Waals surface area contributed by atoms with E-state index in [0.717, 1.165) is 16.5 Å². The Morgan fingerprint density at radius 1 is 0.974 bits per heavy atom. The number of fused-ring (bicyclic) bond motifs is 1. The van der Waals surface area contributed by atoms with Crippen molar-refractivity contribution >= 4 is 75.0 Å². The van der Waals surface area contributed by atoms with Crippen molar-refractivity contribution in [3.05, 3.63) is 101 Å². The summed E-state index contributed by atoms with van der Waals surface area (Å²) >= 11 is 11.6. The highest BCUT2D eigenvalue weighted by Crippen LogP contribution is 2.29. The lowest BCUT2D eigenvalue weighted by atomic mass is 10.1. The number of halogens is 1. The van der Waals surface area contributed by atoms with E-state index in [1.54, 1.807) is 43.5 Å². The van der Waals surface area contributed by atoms with E-state index in [2.05, 4.69) is 5.32 Å². The molecular weight excluding hydrogens is 532 g/mol. The van der Waals surface area contributed by atoms with Crippen LogP contribution in [0.25, 0.3) is 17.0 Å². The molecule has 1 saturated heterocycles. The molecule has 0 aliphatic carbocycles. The third-order valence-corrected chi connectivity index (χ3v) is 7.16. The summed E-state index contributed by atoms with van der Waals surface area (Å²) in [6.07, 6.45) is 3.36. The zero-order valence-corrected chi connectivity index (χ0v) is 22.9. The standard InChI is InChI=1S/C30H25ClN4O3S/c1-3-34-28(37)25(29(38)35(30(34)39)23-14-10-21(31)11-15-23)16-20-17-33(26-7-5-4-6-24(20)26)18-27(36)32-22-12-8-19(2)9-13-22/h4-17H,3,18H2,1-2H3,(H,32,36)/b25-16+. The highest BCUT2D eigenvalue weighted by molar-refractivity contribution is 7.80. The second kappa shape index (κ2) is 10.8. The minimum atomic E-state index is -0.522. The fraction of sp³-hybridized carbons (Fsp3) is 0.133. The molecule has 3 aromatic carbocycles. The Kier molecular flexibility index (Phi) is 7.32. The number of carbonyl (C=O) groups excluding carboxylic acids is 3. The zero-order chi connectivity index (χ0) is 27.7. The number of hydrogen-bond acceptors (Lipinski definition) is 4. The number of para-hydroxylation sites is 1. The number of benzene rings is 3. The fourth-order valence-electron chi connectivity index (χ4n) is 4.54. The zero-order valence-electron chi connectivity index (χ0n) is 21.3. The van der Waals surface area contributed by atoms with E-state index in [-0.39, 0.29) is 23.1 Å². The van der Waals surface area contributed by atoms with E-state index in [4.69, 9.17) is 23.8 Å². The second-order valence-corrected chi connectivity index (χ2v) is 9.95. The summed E-state index contributed by atoms with van der Waals surface area (Å²) in [5.41, 5.74) is 3.75. The minimum Gasteiger partial charge on any atom is -0.337 e. The molecule has 2 heterocycles. The molecule has 1 aliphatic rings. The second-order valence-electron chi connectivity index (χ2n) is 9.15. The molecule has 7 nitrogen and oxygen atoms in total. The van der Waals surface area contributed by atoms with Crippen molar-refractivity contribution in [1.82, 2.24) is 9.47 Å². The summed E-state index contributed by atoms with van der Waals surface area (Å²) in [7, 11) is 0. The largest absolute Gasteiger partial charge is 0.337 e. The van der Waals surface area contributed by atoms with E-state index >= 15 is 0 Å². The Bertz CT molecular complexity index is 1640. The van der Waals surface area contributed by atoms with E-state index in [0.29, 0.717) is 28.5 Å². The number of thiocarbonyl (C=S) groups is 1. The van der Waals surface area contributed by atoms with E-state index < -0.39 is 11.8 Å². The van der Waals surface area contributed by atoms with Crippen LogP contribution >= 0.6 is 23.8 Å². The van der Waals surface area contributed by atoms with Crippen LogP contribution in [0.4, 0.5) is 11.4 Å². The third-order valence-electron chi connectivity index (χ3n) is 6.50. The maximum absolute atomic E-state index is 13.7. The summed E-state index contributed by atoms with van der Waals surface area (Å²) in [6.45, 7) is 4.14. The van der Waals surface area contributed by atoms with Crippen LogP contribution < -0.4 is 10.2 Å². The first kappa shape index (κ1) is 26.3. The van der Waals surface area contributed by atoms with Crippen LogP contribution in [0.1, 0.15) is 18.1 Å². The van der Waals surface area contributed by atoms with E-state index in [1.807, 2.05) is 60.0 Å². The molecule has 39 heavy (non-hydrogen) atoms. The number of likely N-dealkylation sites (N-methyl/N-ethyl adjacent to an activating group) is 1. The van der Waals surface area contributed by atoms with Gasteiger partial charge >= 0.3 is 0 Å². The molecule has 1 N–H and O–H groups in total. The smallest absolute Gasteiger partial charge is 0.270 e. The first-order valence-corrected chi connectivity index (χ1v) is 13.2. The summed E-state index contributed by atoms with van der Waals surface area (Å²) < 4.78 is 1.81. The van der Waals surface area contributed by atoms with Crippen LogP contribution in [0.5, 0.6) is 0 Å². The molecule has 0 unspecified atom stereocenters. The quantitative estimate of drug-likeness (QED) is 0.185. The summed E-state index contributed by atoms with van der Waals surface area (Å²) in [5.74, 6) is -1.18. The van der Waals surface area contributed by atoms with Crippen molar-refractivity contribution < 1.29 is 14.4 Å². The molecule has 1 aromatic heterocycles. The van der Waals surface area contributed by atoms with E-state index in [1.165, 1.54) is 9.80 Å². The molecule has 196 valence electrons. The Balaban J connectivity index is 1.51. The first-order valence-electron chi connectivity index (χ1n) is 12.4. The Labute approximate surface area is 236 Å². The van der Waals surface area contributed by atoms with Gasteiger partial charge in [-0.15, -0.1) is 0 Å². The van der Waals surface area contributed by atoms with Gasteiger partial charge < -0.3 is 9.88 Å². The van der Waals surface area contributed by atoms with Gasteiger partial charge in [0.2, 0.25) is 5.91 Å². The molecule has 0 bridgehead atoms. The number of nitrogens with zero attached hydrogens (tertiary/aromatic N) is 3. The molecule has 1 aliphatic heterocycles. The summed E-state index contributed by atoms with van der Waals surface area (Å²) in [4.78, 5) is 42.7. The number of carbonyl (C=O) groups is 3. The van der Waals surface area contributed by atoms with Gasteiger partial charge in [-0.25, -0.2) is 0 Å². The molecule has 5 rings (SSSR count). The van der Waals surface area contributed by atoms with Gasteiger partial charge in [-0.05, 0) is 74.6 Å². The highest BCUT2D eigenvalue weighted by Gasteiger charge is 2.39. The summed E-state index contributed by atoms with van der Waals surface area (Å²) in [6, 6.07) is 21.8. The van der Waals surface area contributed by atoms with Crippen LogP contribution in [0.2, 0.25) is 5.02 Å². The lowest BCUT2D eigenvalue weighted by molar-refractivity contribution is -0.127. The van der Waals surface area contributed by atoms with Crippen molar-refractivity contribution in [1.29, 1.82) is 0 Å². The topological polar surface area (TPSA) is 74.6 Å². The number of anilines is 2. The normalized spacial score (nSPS) is 14.9. The molecule has 0 atom stereocenters. The number of rotatable bonds is 6. The Morgan fingerprint density at radius 2 is 1.67 bits per heavy atom. The van der Waals surface area contributed by atoms with Crippen LogP contribution in [0.15, 0.2) is 84.6 Å². The Morgan fingerprint density at radius 3 is 2.36 bits per heavy atom. The van der Waals surface area contributed by atoms with Crippen molar-refractivity contribution in [3.63, 3.8) is 0 Å². The van der Waals surface area contributed by atoms with E-state index in [9.17, 15) is 14.4 Å². The van der Waals surface area contributed by atoms with Gasteiger partial charge in [0, 0.05) is 39.9 Å². The molecule has 0 radical (unpaired) electrons. The lowest BCUT2D eigenvalue weighted by Gasteiger charge is -2.36. The third kappa shape index (κ3) is 5.21. The van der Waals surface area contributed by atoms with Crippen molar-refractivity contribution in [2.24, 2.45) is 0 Å². The molecule has 4 aromatic rings. The van der Waals surface area contributed by atoms with Crippen molar-refractivity contribution in [2.75, 3.05) is 16.8 Å². The number of hydrogen-bond donors (Lipinski definition) is 1. The van der Waals surface area contributed by atoms with Crippen LogP contribution in [-0.4, -0.2) is 38.8 Å².